The monoisotopic (exact) mass is 253 g/mol. The van der Waals surface area contributed by atoms with Gasteiger partial charge in [-0.2, -0.15) is 0 Å². The third-order valence-corrected chi connectivity index (χ3v) is 4.43. The van der Waals surface area contributed by atoms with E-state index in [0.717, 1.165) is 37.7 Å². The second-order valence-corrected chi connectivity index (χ2v) is 5.30. The molecule has 0 N–H and O–H groups in total. The van der Waals surface area contributed by atoms with Crippen molar-refractivity contribution in [1.29, 1.82) is 0 Å². The van der Waals surface area contributed by atoms with Gasteiger partial charge in [0.15, 0.2) is 5.69 Å². The molecule has 0 saturated carbocycles. The molecule has 0 radical (unpaired) electrons. The van der Waals surface area contributed by atoms with Crippen LogP contribution in [-0.4, -0.2) is 60.6 Å². The molecule has 1 unspecified atom stereocenters. The van der Waals surface area contributed by atoms with Crippen LogP contribution in [0, 0.1) is 0 Å². The number of esters is 1. The summed E-state index contributed by atoms with van der Waals surface area (Å²) in [5, 5.41) is 2.83. The lowest BCUT2D eigenvalue weighted by molar-refractivity contribution is 0.0121. The highest BCUT2D eigenvalue weighted by Gasteiger charge is 2.34. The van der Waals surface area contributed by atoms with Gasteiger partial charge in [0.1, 0.15) is 5.01 Å². The van der Waals surface area contributed by atoms with E-state index in [0.29, 0.717) is 11.7 Å². The summed E-state index contributed by atoms with van der Waals surface area (Å²) in [5.41, 5.74) is 0.435. The summed E-state index contributed by atoms with van der Waals surface area (Å²) in [4.78, 5) is 20.7. The van der Waals surface area contributed by atoms with Crippen molar-refractivity contribution in [2.75, 3.05) is 39.8 Å². The normalized spacial score (nSPS) is 31.5. The first-order chi connectivity index (χ1) is 8.28. The third kappa shape index (κ3) is 1.96. The third-order valence-electron chi connectivity index (χ3n) is 3.48. The molecular weight excluding hydrogens is 238 g/mol. The van der Waals surface area contributed by atoms with Crippen molar-refractivity contribution in [2.24, 2.45) is 0 Å². The molecule has 1 aromatic heterocycles. The molecule has 3 saturated heterocycles. The molecule has 3 aliphatic heterocycles. The van der Waals surface area contributed by atoms with E-state index in [4.69, 9.17) is 0 Å². The molecule has 6 heteroatoms. The Hall–Kier alpha value is -0.980. The lowest BCUT2D eigenvalue weighted by atomic mass is 10.1. The van der Waals surface area contributed by atoms with Crippen LogP contribution in [0.5, 0.6) is 0 Å². The van der Waals surface area contributed by atoms with Gasteiger partial charge < -0.3 is 4.74 Å². The number of ether oxygens (including phenoxy) is 1. The molecule has 3 aliphatic rings. The second kappa shape index (κ2) is 4.36. The van der Waals surface area contributed by atoms with Crippen molar-refractivity contribution in [2.45, 2.75) is 6.04 Å². The Morgan fingerprint density at radius 2 is 2.24 bits per heavy atom. The Labute approximate surface area is 104 Å². The second-order valence-electron chi connectivity index (χ2n) is 4.41. The van der Waals surface area contributed by atoms with Gasteiger partial charge >= 0.3 is 5.97 Å². The van der Waals surface area contributed by atoms with Gasteiger partial charge in [0.2, 0.25) is 0 Å². The summed E-state index contributed by atoms with van der Waals surface area (Å²) in [5.74, 6) is -0.344. The molecular formula is C11H15N3O2S. The van der Waals surface area contributed by atoms with Crippen LogP contribution < -0.4 is 0 Å². The van der Waals surface area contributed by atoms with E-state index in [-0.39, 0.29) is 5.97 Å². The lowest BCUT2D eigenvalue weighted by Gasteiger charge is -2.46. The molecule has 0 spiro atoms. The van der Waals surface area contributed by atoms with Gasteiger partial charge in [-0.15, -0.1) is 11.3 Å². The van der Waals surface area contributed by atoms with Crippen LogP contribution in [0.4, 0.5) is 0 Å². The summed E-state index contributed by atoms with van der Waals surface area (Å²) >= 11 is 1.56. The summed E-state index contributed by atoms with van der Waals surface area (Å²) in [6.45, 7) is 5.57. The number of carbonyl (C=O) groups excluding carboxylic acids is 1. The molecule has 4 rings (SSSR count). The van der Waals surface area contributed by atoms with E-state index in [1.807, 2.05) is 0 Å². The summed E-state index contributed by atoms with van der Waals surface area (Å²) in [7, 11) is 1.39. The largest absolute Gasteiger partial charge is 0.464 e. The van der Waals surface area contributed by atoms with Crippen molar-refractivity contribution in [3.05, 3.63) is 16.1 Å². The zero-order valence-corrected chi connectivity index (χ0v) is 10.6. The molecule has 2 bridgehead atoms. The van der Waals surface area contributed by atoms with Gasteiger partial charge in [0, 0.05) is 38.1 Å². The van der Waals surface area contributed by atoms with E-state index in [9.17, 15) is 4.79 Å². The molecule has 0 amide bonds. The van der Waals surface area contributed by atoms with Crippen molar-refractivity contribution in [1.82, 2.24) is 14.8 Å². The first kappa shape index (κ1) is 11.1. The molecule has 92 valence electrons. The number of hydrogen-bond donors (Lipinski definition) is 0. The van der Waals surface area contributed by atoms with Crippen molar-refractivity contribution in [3.63, 3.8) is 0 Å². The number of aromatic nitrogens is 1. The van der Waals surface area contributed by atoms with E-state index in [1.54, 1.807) is 16.7 Å². The van der Waals surface area contributed by atoms with Crippen LogP contribution >= 0.6 is 11.3 Å². The van der Waals surface area contributed by atoms with Gasteiger partial charge in [-0.25, -0.2) is 9.78 Å². The lowest BCUT2D eigenvalue weighted by Crippen LogP contribution is -2.56. The molecule has 17 heavy (non-hydrogen) atoms. The van der Waals surface area contributed by atoms with Gasteiger partial charge in [-0.1, -0.05) is 0 Å². The zero-order valence-electron chi connectivity index (χ0n) is 9.76. The molecule has 0 aromatic carbocycles. The number of carbonyl (C=O) groups is 1. The van der Waals surface area contributed by atoms with Gasteiger partial charge in [0.05, 0.1) is 13.2 Å². The summed E-state index contributed by atoms with van der Waals surface area (Å²) in [6.07, 6.45) is 0. The number of methoxy groups -OCH3 is 1. The maximum atomic E-state index is 11.4. The highest BCUT2D eigenvalue weighted by molar-refractivity contribution is 7.09. The maximum absolute atomic E-state index is 11.4. The number of thiazole rings is 1. The molecule has 1 aromatic rings. The SMILES string of the molecule is COC(=O)c1csc(C2CN3CCN2CC3)n1. The molecule has 4 heterocycles. The highest BCUT2D eigenvalue weighted by Crippen LogP contribution is 2.30. The topological polar surface area (TPSA) is 45.7 Å². The van der Waals surface area contributed by atoms with Crippen LogP contribution in [0.15, 0.2) is 5.38 Å². The fourth-order valence-electron chi connectivity index (χ4n) is 2.49. The number of fused-ring (bicyclic) bond motifs is 3. The first-order valence-electron chi connectivity index (χ1n) is 5.78. The van der Waals surface area contributed by atoms with Crippen LogP contribution in [0.25, 0.3) is 0 Å². The van der Waals surface area contributed by atoms with Crippen LogP contribution in [0.1, 0.15) is 21.5 Å². The minimum Gasteiger partial charge on any atom is -0.464 e. The Morgan fingerprint density at radius 1 is 1.47 bits per heavy atom. The zero-order chi connectivity index (χ0) is 11.8. The Bertz CT molecular complexity index is 426. The minimum absolute atomic E-state index is 0.344. The fraction of sp³-hybridized carbons (Fsp3) is 0.636. The number of piperazine rings is 3. The van der Waals surface area contributed by atoms with Gasteiger partial charge in [-0.05, 0) is 0 Å². The van der Waals surface area contributed by atoms with Gasteiger partial charge in [-0.3, -0.25) is 9.80 Å². The summed E-state index contributed by atoms with van der Waals surface area (Å²) in [6, 6.07) is 0.362. The molecule has 3 fully saturated rings. The van der Waals surface area contributed by atoms with Crippen LogP contribution in [-0.2, 0) is 4.74 Å². The summed E-state index contributed by atoms with van der Waals surface area (Å²) < 4.78 is 4.68. The number of rotatable bonds is 2. The fourth-order valence-corrected chi connectivity index (χ4v) is 3.40. The van der Waals surface area contributed by atoms with Crippen molar-refractivity contribution in [3.8, 4) is 0 Å². The highest BCUT2D eigenvalue weighted by atomic mass is 32.1. The molecule has 5 nitrogen and oxygen atoms in total. The number of hydrogen-bond acceptors (Lipinski definition) is 6. The van der Waals surface area contributed by atoms with Gasteiger partial charge in [0.25, 0.3) is 0 Å². The van der Waals surface area contributed by atoms with E-state index < -0.39 is 0 Å². The average molecular weight is 253 g/mol. The van der Waals surface area contributed by atoms with E-state index in [1.165, 1.54) is 7.11 Å². The molecule has 0 aliphatic carbocycles. The van der Waals surface area contributed by atoms with E-state index >= 15 is 0 Å². The van der Waals surface area contributed by atoms with Crippen LogP contribution in [0.2, 0.25) is 0 Å². The minimum atomic E-state index is -0.344. The smallest absolute Gasteiger partial charge is 0.357 e. The molecule has 1 atom stereocenters. The maximum Gasteiger partial charge on any atom is 0.357 e. The van der Waals surface area contributed by atoms with Crippen molar-refractivity contribution < 1.29 is 9.53 Å². The Morgan fingerprint density at radius 3 is 2.82 bits per heavy atom. The average Bonchev–Trinajstić information content (AvgIpc) is 2.88. The number of nitrogens with zero attached hydrogens (tertiary/aromatic N) is 3. The Kier molecular flexibility index (Phi) is 2.85. The van der Waals surface area contributed by atoms with E-state index in [2.05, 4.69) is 19.5 Å². The van der Waals surface area contributed by atoms with Crippen LogP contribution in [0.3, 0.4) is 0 Å². The first-order valence-corrected chi connectivity index (χ1v) is 6.66. The predicted octanol–water partition coefficient (Wildman–Crippen LogP) is 0.602. The predicted molar refractivity (Wildman–Crippen MR) is 64.2 cm³/mol. The standard InChI is InChI=1S/C11H15N3O2S/c1-16-11(15)8-7-17-10(12-8)9-6-13-2-4-14(9)5-3-13/h7,9H,2-6H2,1H3. The quantitative estimate of drug-likeness (QED) is 0.722. The van der Waals surface area contributed by atoms with Crippen molar-refractivity contribution >= 4 is 17.3 Å². The Balaban J connectivity index is 1.80.